The van der Waals surface area contributed by atoms with E-state index in [1.54, 1.807) is 30.1 Å². The van der Waals surface area contributed by atoms with Gasteiger partial charge in [-0.1, -0.05) is 12.2 Å². The number of nitrogens with zero attached hydrogens (tertiary/aromatic N) is 2. The van der Waals surface area contributed by atoms with E-state index >= 15 is 0 Å². The lowest BCUT2D eigenvalue weighted by Gasteiger charge is -2.16. The molecule has 1 aromatic rings. The summed E-state index contributed by atoms with van der Waals surface area (Å²) in [6.07, 6.45) is 9.56. The standard InChI is InChI=1S/C15H25N5O2S.HI/c1-3-16-15(19-13-6-4-5-7-13)17-9-10-18-23(21,22)14-8-11-20(2)12-14;/h4-5,8,11-13,18H,3,6-7,9-10H2,1-2H3,(H2,16,17,19);1H. The fourth-order valence-corrected chi connectivity index (χ4v) is 3.39. The highest BCUT2D eigenvalue weighted by atomic mass is 127. The van der Waals surface area contributed by atoms with Gasteiger partial charge in [0, 0.05) is 38.6 Å². The first-order valence-corrected chi connectivity index (χ1v) is 9.31. The molecule has 24 heavy (non-hydrogen) atoms. The van der Waals surface area contributed by atoms with E-state index in [1.807, 2.05) is 6.92 Å². The highest BCUT2D eigenvalue weighted by Crippen LogP contribution is 2.09. The van der Waals surface area contributed by atoms with E-state index in [-0.39, 0.29) is 35.4 Å². The lowest BCUT2D eigenvalue weighted by Crippen LogP contribution is -2.42. The van der Waals surface area contributed by atoms with Gasteiger partial charge in [-0.25, -0.2) is 13.1 Å². The summed E-state index contributed by atoms with van der Waals surface area (Å²) in [5.41, 5.74) is 0. The van der Waals surface area contributed by atoms with Crippen LogP contribution in [0.25, 0.3) is 0 Å². The van der Waals surface area contributed by atoms with Gasteiger partial charge in [0.15, 0.2) is 5.96 Å². The Morgan fingerprint density at radius 1 is 1.38 bits per heavy atom. The van der Waals surface area contributed by atoms with Crippen molar-refractivity contribution in [1.82, 2.24) is 19.9 Å². The van der Waals surface area contributed by atoms with E-state index in [2.05, 4.69) is 32.5 Å². The second kappa shape index (κ2) is 10.0. The van der Waals surface area contributed by atoms with Crippen molar-refractivity contribution in [3.8, 4) is 0 Å². The van der Waals surface area contributed by atoms with E-state index in [9.17, 15) is 8.42 Å². The molecule has 0 atom stereocenters. The van der Waals surface area contributed by atoms with Gasteiger partial charge in [-0.05, 0) is 25.8 Å². The Morgan fingerprint density at radius 3 is 2.67 bits per heavy atom. The number of aliphatic imine (C=N–C) groups is 1. The summed E-state index contributed by atoms with van der Waals surface area (Å²) in [6, 6.07) is 1.94. The third kappa shape index (κ3) is 6.44. The molecule has 0 bridgehead atoms. The third-order valence-corrected chi connectivity index (χ3v) is 4.93. The van der Waals surface area contributed by atoms with Crippen molar-refractivity contribution in [2.75, 3.05) is 19.6 Å². The lowest BCUT2D eigenvalue weighted by atomic mass is 10.2. The Morgan fingerprint density at radius 2 is 2.08 bits per heavy atom. The number of hydrogen-bond donors (Lipinski definition) is 3. The van der Waals surface area contributed by atoms with Gasteiger partial charge in [-0.15, -0.1) is 24.0 Å². The predicted molar refractivity (Wildman–Crippen MR) is 107 cm³/mol. The SMILES string of the molecule is CCNC(=NCCNS(=O)(=O)c1ccn(C)c1)NC1CC=CC1.I. The molecule has 0 unspecified atom stereocenters. The van der Waals surface area contributed by atoms with E-state index in [0.717, 1.165) is 25.3 Å². The first kappa shape index (κ1) is 21.0. The van der Waals surface area contributed by atoms with Crippen LogP contribution in [-0.4, -0.2) is 44.6 Å². The molecule has 9 heteroatoms. The fraction of sp³-hybridized carbons (Fsp3) is 0.533. The summed E-state index contributed by atoms with van der Waals surface area (Å²) in [5, 5.41) is 6.52. The number of hydrogen-bond acceptors (Lipinski definition) is 3. The number of aryl methyl sites for hydroxylation is 1. The van der Waals surface area contributed by atoms with Crippen LogP contribution in [0, 0.1) is 0 Å². The Balaban J connectivity index is 0.00000288. The Hall–Kier alpha value is -1.07. The van der Waals surface area contributed by atoms with Gasteiger partial charge in [0.1, 0.15) is 0 Å². The highest BCUT2D eigenvalue weighted by Gasteiger charge is 2.14. The van der Waals surface area contributed by atoms with Gasteiger partial charge >= 0.3 is 0 Å². The van der Waals surface area contributed by atoms with Crippen molar-refractivity contribution < 1.29 is 8.42 Å². The summed E-state index contributed by atoms with van der Waals surface area (Å²) in [5.74, 6) is 0.722. The second-order valence-electron chi connectivity index (χ2n) is 5.46. The molecule has 0 saturated heterocycles. The molecule has 0 aliphatic heterocycles. The number of sulfonamides is 1. The molecule has 7 nitrogen and oxygen atoms in total. The molecule has 0 aromatic carbocycles. The minimum Gasteiger partial charge on any atom is -0.357 e. The maximum absolute atomic E-state index is 12.1. The van der Waals surface area contributed by atoms with Crippen molar-refractivity contribution >= 4 is 40.0 Å². The first-order valence-electron chi connectivity index (χ1n) is 7.82. The predicted octanol–water partition coefficient (Wildman–Crippen LogP) is 1.20. The molecule has 2 rings (SSSR count). The van der Waals surface area contributed by atoms with E-state index in [1.165, 1.54) is 0 Å². The smallest absolute Gasteiger partial charge is 0.242 e. The van der Waals surface area contributed by atoms with Crippen LogP contribution in [0.4, 0.5) is 0 Å². The molecule has 136 valence electrons. The maximum Gasteiger partial charge on any atom is 0.242 e. The Kier molecular flexibility index (Phi) is 8.78. The van der Waals surface area contributed by atoms with Crippen LogP contribution in [0.15, 0.2) is 40.5 Å². The molecular weight excluding hydrogens is 441 g/mol. The van der Waals surface area contributed by atoms with Crippen LogP contribution in [-0.2, 0) is 17.1 Å². The summed E-state index contributed by atoms with van der Waals surface area (Å²) in [4.78, 5) is 4.68. The molecule has 0 spiro atoms. The maximum atomic E-state index is 12.1. The van der Waals surface area contributed by atoms with Crippen LogP contribution in [0.5, 0.6) is 0 Å². The van der Waals surface area contributed by atoms with Gasteiger partial charge in [0.2, 0.25) is 10.0 Å². The summed E-state index contributed by atoms with van der Waals surface area (Å²) < 4.78 is 28.4. The topological polar surface area (TPSA) is 87.5 Å². The van der Waals surface area contributed by atoms with Gasteiger partial charge < -0.3 is 15.2 Å². The number of guanidine groups is 1. The zero-order valence-electron chi connectivity index (χ0n) is 14.0. The average Bonchev–Trinajstić information content (AvgIpc) is 3.15. The quantitative estimate of drug-likeness (QED) is 0.185. The van der Waals surface area contributed by atoms with E-state index < -0.39 is 10.0 Å². The van der Waals surface area contributed by atoms with Gasteiger partial charge in [0.25, 0.3) is 0 Å². The van der Waals surface area contributed by atoms with Crippen molar-refractivity contribution in [3.63, 3.8) is 0 Å². The molecule has 1 aliphatic rings. The molecule has 0 amide bonds. The van der Waals surface area contributed by atoms with Gasteiger partial charge in [-0.3, -0.25) is 4.99 Å². The minimum atomic E-state index is -3.46. The first-order chi connectivity index (χ1) is 11.0. The van der Waals surface area contributed by atoms with Crippen molar-refractivity contribution in [2.45, 2.75) is 30.7 Å². The molecule has 1 heterocycles. The zero-order chi connectivity index (χ0) is 16.7. The third-order valence-electron chi connectivity index (χ3n) is 3.48. The van der Waals surface area contributed by atoms with Crippen LogP contribution in [0.1, 0.15) is 19.8 Å². The molecule has 1 aromatic heterocycles. The molecule has 0 radical (unpaired) electrons. The largest absolute Gasteiger partial charge is 0.357 e. The van der Waals surface area contributed by atoms with Gasteiger partial charge in [-0.2, -0.15) is 0 Å². The fourth-order valence-electron chi connectivity index (χ4n) is 2.32. The van der Waals surface area contributed by atoms with Crippen molar-refractivity contribution in [2.24, 2.45) is 12.0 Å². The summed E-state index contributed by atoms with van der Waals surface area (Å²) >= 11 is 0. The molecular formula is C15H26IN5O2S. The second-order valence-corrected chi connectivity index (χ2v) is 7.22. The molecule has 1 aliphatic carbocycles. The van der Waals surface area contributed by atoms with Gasteiger partial charge in [0.05, 0.1) is 11.4 Å². The Bertz CT molecular complexity index is 661. The lowest BCUT2D eigenvalue weighted by molar-refractivity contribution is 0.581. The van der Waals surface area contributed by atoms with Crippen molar-refractivity contribution in [3.05, 3.63) is 30.6 Å². The average molecular weight is 467 g/mol. The number of aromatic nitrogens is 1. The van der Waals surface area contributed by atoms with Crippen LogP contribution < -0.4 is 15.4 Å². The molecule has 0 saturated carbocycles. The van der Waals surface area contributed by atoms with Crippen LogP contribution >= 0.6 is 24.0 Å². The number of halogens is 1. The van der Waals surface area contributed by atoms with Crippen molar-refractivity contribution in [1.29, 1.82) is 0 Å². The highest BCUT2D eigenvalue weighted by molar-refractivity contribution is 14.0. The van der Waals surface area contributed by atoms with E-state index in [4.69, 9.17) is 0 Å². The van der Waals surface area contributed by atoms with Crippen LogP contribution in [0.2, 0.25) is 0 Å². The van der Waals surface area contributed by atoms with Crippen LogP contribution in [0.3, 0.4) is 0 Å². The molecule has 0 fully saturated rings. The zero-order valence-corrected chi connectivity index (χ0v) is 17.2. The Labute approximate surface area is 161 Å². The summed E-state index contributed by atoms with van der Waals surface area (Å²) in [7, 11) is -1.68. The number of nitrogens with one attached hydrogen (secondary N) is 3. The minimum absolute atomic E-state index is 0. The normalized spacial score (nSPS) is 15.3. The monoisotopic (exact) mass is 467 g/mol. The number of rotatable bonds is 7. The van der Waals surface area contributed by atoms with E-state index in [0.29, 0.717) is 12.6 Å². The molecule has 3 N–H and O–H groups in total. The summed E-state index contributed by atoms with van der Waals surface area (Å²) in [6.45, 7) is 3.40.